The molecule has 2 aromatic rings. The Hall–Kier alpha value is -2.03. The lowest BCUT2D eigenvalue weighted by molar-refractivity contribution is -0.145. The van der Waals surface area contributed by atoms with Crippen LogP contribution in [0.4, 0.5) is 17.6 Å². The third-order valence-corrected chi connectivity index (χ3v) is 9.83. The zero-order valence-electron chi connectivity index (χ0n) is 18.7. The highest BCUT2D eigenvalue weighted by Gasteiger charge is 2.44. The minimum absolute atomic E-state index is 0.0714. The number of ether oxygens (including phenoxy) is 1. The highest BCUT2D eigenvalue weighted by molar-refractivity contribution is 6.74. The molecule has 0 aliphatic rings. The summed E-state index contributed by atoms with van der Waals surface area (Å²) < 4.78 is 68.8. The van der Waals surface area contributed by atoms with Gasteiger partial charge in [0.05, 0.1) is 7.11 Å². The molecule has 0 N–H and O–H groups in total. The number of hydrogen-bond donors (Lipinski definition) is 0. The highest BCUT2D eigenvalue weighted by Crippen LogP contribution is 2.43. The molecular formula is C21H30F4N2O2Si. The maximum Gasteiger partial charge on any atom is 0.433 e. The third kappa shape index (κ3) is 4.99. The number of halogens is 4. The summed E-state index contributed by atoms with van der Waals surface area (Å²) in [5, 5.41) is 3.96. The Labute approximate surface area is 176 Å². The van der Waals surface area contributed by atoms with Crippen LogP contribution in [0.1, 0.15) is 57.5 Å². The van der Waals surface area contributed by atoms with Gasteiger partial charge in [-0.05, 0) is 43.6 Å². The van der Waals surface area contributed by atoms with Gasteiger partial charge in [-0.3, -0.25) is 4.68 Å². The van der Waals surface area contributed by atoms with Crippen molar-refractivity contribution in [2.45, 2.75) is 71.4 Å². The number of benzene rings is 1. The van der Waals surface area contributed by atoms with E-state index < -0.39 is 32.0 Å². The van der Waals surface area contributed by atoms with Gasteiger partial charge in [0.1, 0.15) is 17.3 Å². The molecule has 4 nitrogen and oxygen atoms in total. The lowest BCUT2D eigenvalue weighted by Crippen LogP contribution is -2.44. The van der Waals surface area contributed by atoms with E-state index in [1.807, 2.05) is 33.9 Å². The van der Waals surface area contributed by atoms with Crippen molar-refractivity contribution in [1.29, 1.82) is 0 Å². The lowest BCUT2D eigenvalue weighted by Gasteiger charge is -2.35. The van der Waals surface area contributed by atoms with Crippen LogP contribution in [0.2, 0.25) is 18.1 Å². The fourth-order valence-electron chi connectivity index (χ4n) is 2.75. The van der Waals surface area contributed by atoms with Gasteiger partial charge in [0.2, 0.25) is 5.88 Å². The van der Waals surface area contributed by atoms with Gasteiger partial charge < -0.3 is 9.16 Å². The molecule has 168 valence electrons. The van der Waals surface area contributed by atoms with Gasteiger partial charge in [0, 0.05) is 24.1 Å². The van der Waals surface area contributed by atoms with Crippen LogP contribution < -0.4 is 9.16 Å². The molecule has 1 heterocycles. The van der Waals surface area contributed by atoms with Crippen LogP contribution in [-0.2, 0) is 12.6 Å². The first-order valence-corrected chi connectivity index (χ1v) is 12.7. The smallest absolute Gasteiger partial charge is 0.433 e. The normalized spacial score (nSPS) is 13.1. The molecule has 0 unspecified atom stereocenters. The third-order valence-electron chi connectivity index (χ3n) is 5.51. The molecule has 2 rings (SSSR count). The topological polar surface area (TPSA) is 36.3 Å². The average molecular weight is 447 g/mol. The number of methoxy groups -OCH3 is 1. The standard InChI is InChI=1S/C21H30F4N2O2Si/c1-13(2)27-18(21(23,24)25)16(11-14-9-10-15(28-6)12-17(14)22)19(26-27)29-30(7,8)20(3,4)5/h9-10,12-13H,11H2,1-8H3. The molecule has 0 amide bonds. The first-order valence-electron chi connectivity index (χ1n) is 9.78. The molecule has 1 aromatic heterocycles. The number of rotatable bonds is 6. The first-order chi connectivity index (χ1) is 13.6. The van der Waals surface area contributed by atoms with Crippen LogP contribution in [-0.4, -0.2) is 25.2 Å². The molecule has 9 heteroatoms. The predicted octanol–water partition coefficient (Wildman–Crippen LogP) is 6.61. The first kappa shape index (κ1) is 24.2. The van der Waals surface area contributed by atoms with Crippen molar-refractivity contribution in [1.82, 2.24) is 9.78 Å². The van der Waals surface area contributed by atoms with Crippen molar-refractivity contribution >= 4 is 8.32 Å². The fourth-order valence-corrected chi connectivity index (χ4v) is 3.70. The fraction of sp³-hybridized carbons (Fsp3) is 0.571. The van der Waals surface area contributed by atoms with E-state index in [0.29, 0.717) is 5.75 Å². The van der Waals surface area contributed by atoms with Crippen molar-refractivity contribution < 1.29 is 26.7 Å². The molecule has 0 saturated carbocycles. The Morgan fingerprint density at radius 1 is 1.13 bits per heavy atom. The van der Waals surface area contributed by atoms with E-state index >= 15 is 0 Å². The molecule has 0 aliphatic carbocycles. The molecular weight excluding hydrogens is 416 g/mol. The lowest BCUT2D eigenvalue weighted by atomic mass is 10.0. The van der Waals surface area contributed by atoms with Crippen LogP contribution in [0.25, 0.3) is 0 Å². The van der Waals surface area contributed by atoms with E-state index in [1.54, 1.807) is 13.8 Å². The summed E-state index contributed by atoms with van der Waals surface area (Å²) in [6.07, 6.45) is -4.95. The zero-order chi connectivity index (χ0) is 23.1. The summed E-state index contributed by atoms with van der Waals surface area (Å²) in [5.74, 6) is -0.418. The SMILES string of the molecule is COc1ccc(Cc2c(O[Si](C)(C)C(C)(C)C)nn(C(C)C)c2C(F)(F)F)c(F)c1. The Bertz CT molecular complexity index is 900. The Morgan fingerprint density at radius 2 is 1.73 bits per heavy atom. The maximum atomic E-state index is 14.6. The summed E-state index contributed by atoms with van der Waals surface area (Å²) in [5.41, 5.74) is -0.934. The predicted molar refractivity (Wildman–Crippen MR) is 111 cm³/mol. The summed E-state index contributed by atoms with van der Waals surface area (Å²) in [6, 6.07) is 3.56. The second-order valence-corrected chi connectivity index (χ2v) is 13.9. The van der Waals surface area contributed by atoms with E-state index in [0.717, 1.165) is 10.7 Å². The maximum absolute atomic E-state index is 14.6. The monoisotopic (exact) mass is 446 g/mol. The van der Waals surface area contributed by atoms with Crippen molar-refractivity contribution in [2.75, 3.05) is 7.11 Å². The molecule has 0 saturated heterocycles. The van der Waals surface area contributed by atoms with Crippen molar-refractivity contribution in [3.05, 3.63) is 40.8 Å². The van der Waals surface area contributed by atoms with E-state index in [2.05, 4.69) is 5.10 Å². The Balaban J connectivity index is 2.68. The quantitative estimate of drug-likeness (QED) is 0.370. The van der Waals surface area contributed by atoms with Crippen molar-refractivity contribution in [3.63, 3.8) is 0 Å². The van der Waals surface area contributed by atoms with Gasteiger partial charge in [-0.1, -0.05) is 26.8 Å². The molecule has 0 radical (unpaired) electrons. The molecule has 0 fully saturated rings. The average Bonchev–Trinajstić information content (AvgIpc) is 2.93. The van der Waals surface area contributed by atoms with Gasteiger partial charge in [0.25, 0.3) is 8.32 Å². The summed E-state index contributed by atoms with van der Waals surface area (Å²) >= 11 is 0. The molecule has 0 bridgehead atoms. The van der Waals surface area contributed by atoms with Crippen molar-refractivity contribution in [3.8, 4) is 11.6 Å². The number of aromatic nitrogens is 2. The Morgan fingerprint density at radius 3 is 2.17 bits per heavy atom. The van der Waals surface area contributed by atoms with Crippen LogP contribution in [0.5, 0.6) is 11.6 Å². The summed E-state index contributed by atoms with van der Waals surface area (Å²) in [6.45, 7) is 13.1. The minimum Gasteiger partial charge on any atom is -0.529 e. The van der Waals surface area contributed by atoms with Crippen molar-refractivity contribution in [2.24, 2.45) is 0 Å². The Kier molecular flexibility index (Phi) is 6.66. The van der Waals surface area contributed by atoms with E-state index in [4.69, 9.17) is 9.16 Å². The van der Waals surface area contributed by atoms with Gasteiger partial charge in [-0.25, -0.2) is 4.39 Å². The van der Waals surface area contributed by atoms with Gasteiger partial charge in [-0.15, -0.1) is 5.10 Å². The van der Waals surface area contributed by atoms with Gasteiger partial charge in [-0.2, -0.15) is 13.2 Å². The largest absolute Gasteiger partial charge is 0.529 e. The van der Waals surface area contributed by atoms with Gasteiger partial charge >= 0.3 is 6.18 Å². The number of hydrogen-bond acceptors (Lipinski definition) is 3. The zero-order valence-corrected chi connectivity index (χ0v) is 19.7. The highest BCUT2D eigenvalue weighted by atomic mass is 28.4. The number of nitrogens with zero attached hydrogens (tertiary/aromatic N) is 2. The molecule has 0 aliphatic heterocycles. The summed E-state index contributed by atoms with van der Waals surface area (Å²) in [4.78, 5) is 0. The van der Waals surface area contributed by atoms with Crippen LogP contribution in [0.3, 0.4) is 0 Å². The van der Waals surface area contributed by atoms with E-state index in [1.165, 1.54) is 19.2 Å². The molecule has 1 aromatic carbocycles. The second kappa shape index (κ2) is 8.24. The summed E-state index contributed by atoms with van der Waals surface area (Å²) in [7, 11) is -1.09. The van der Waals surface area contributed by atoms with E-state index in [9.17, 15) is 17.6 Å². The van der Waals surface area contributed by atoms with Crippen LogP contribution in [0, 0.1) is 5.82 Å². The van der Waals surface area contributed by atoms with Gasteiger partial charge in [0.15, 0.2) is 0 Å². The van der Waals surface area contributed by atoms with E-state index in [-0.39, 0.29) is 28.5 Å². The molecule has 30 heavy (non-hydrogen) atoms. The van der Waals surface area contributed by atoms with Crippen LogP contribution >= 0.6 is 0 Å². The second-order valence-electron chi connectivity index (χ2n) is 9.16. The minimum atomic E-state index is -4.66. The number of alkyl halides is 3. The molecule has 0 atom stereocenters. The van der Waals surface area contributed by atoms with Crippen LogP contribution in [0.15, 0.2) is 18.2 Å². The molecule has 0 spiro atoms.